The van der Waals surface area contributed by atoms with Gasteiger partial charge in [0.2, 0.25) is 0 Å². The maximum Gasteiger partial charge on any atom is 0.303 e. The molecule has 1 aliphatic rings. The maximum atomic E-state index is 10.8. The van der Waals surface area contributed by atoms with Crippen LogP contribution < -0.4 is 0 Å². The fourth-order valence-corrected chi connectivity index (χ4v) is 2.98. The van der Waals surface area contributed by atoms with E-state index >= 15 is 0 Å². The second-order valence-corrected chi connectivity index (χ2v) is 5.36. The van der Waals surface area contributed by atoms with Crippen molar-refractivity contribution in [2.24, 2.45) is 0 Å². The third-order valence-electron chi connectivity index (χ3n) is 3.99. The van der Waals surface area contributed by atoms with E-state index in [1.807, 2.05) is 0 Å². The third-order valence-corrected chi connectivity index (χ3v) is 3.99. The monoisotopic (exact) mass is 278 g/mol. The molecule has 0 heterocycles. The normalized spacial score (nSPS) is 13.0. The van der Waals surface area contributed by atoms with Crippen molar-refractivity contribution in [3.8, 4) is 0 Å². The fourth-order valence-electron chi connectivity index (χ4n) is 2.98. The molecule has 0 radical (unpaired) electrons. The molecule has 21 heavy (non-hydrogen) atoms. The van der Waals surface area contributed by atoms with E-state index in [4.69, 9.17) is 5.11 Å². The van der Waals surface area contributed by atoms with Gasteiger partial charge in [0.15, 0.2) is 0 Å². The Bertz CT molecular complexity index is 649. The van der Waals surface area contributed by atoms with Gasteiger partial charge in [0.25, 0.3) is 0 Å². The molecule has 0 aromatic heterocycles. The number of carboxylic acid groups (broad SMARTS) is 1. The van der Waals surface area contributed by atoms with Crippen molar-refractivity contribution in [2.75, 3.05) is 0 Å². The average Bonchev–Trinajstić information content (AvgIpc) is 2.65. The van der Waals surface area contributed by atoms with E-state index in [2.05, 4.69) is 54.6 Å². The SMILES string of the molecule is O=C(O)CCC=C1c2ccccc2CCc2ccccc21. The number of rotatable bonds is 3. The number of hydrogen-bond acceptors (Lipinski definition) is 1. The van der Waals surface area contributed by atoms with Crippen LogP contribution >= 0.6 is 0 Å². The Balaban J connectivity index is 2.09. The lowest BCUT2D eigenvalue weighted by Crippen LogP contribution is -1.95. The van der Waals surface area contributed by atoms with E-state index in [-0.39, 0.29) is 6.42 Å². The first-order valence-electron chi connectivity index (χ1n) is 7.34. The topological polar surface area (TPSA) is 37.3 Å². The molecule has 2 aromatic rings. The minimum absolute atomic E-state index is 0.174. The zero-order valence-electron chi connectivity index (χ0n) is 11.9. The summed E-state index contributed by atoms with van der Waals surface area (Å²) in [6.45, 7) is 0. The van der Waals surface area contributed by atoms with Gasteiger partial charge in [-0.2, -0.15) is 0 Å². The predicted molar refractivity (Wildman–Crippen MR) is 84.2 cm³/mol. The second-order valence-electron chi connectivity index (χ2n) is 5.36. The standard InChI is InChI=1S/C19H18O2/c20-19(21)11-5-10-18-16-8-3-1-6-14(16)12-13-15-7-2-4-9-17(15)18/h1-4,6-10H,5,11-13H2,(H,20,21). The molecule has 3 rings (SSSR count). The van der Waals surface area contributed by atoms with Crippen LogP contribution in [0.3, 0.4) is 0 Å². The van der Waals surface area contributed by atoms with Gasteiger partial charge in [-0.05, 0) is 47.1 Å². The maximum absolute atomic E-state index is 10.8. The Morgan fingerprint density at radius 2 is 1.48 bits per heavy atom. The van der Waals surface area contributed by atoms with Gasteiger partial charge in [0, 0.05) is 6.42 Å². The molecule has 2 nitrogen and oxygen atoms in total. The first-order chi connectivity index (χ1) is 10.3. The number of carbonyl (C=O) groups is 1. The third kappa shape index (κ3) is 2.89. The highest BCUT2D eigenvalue weighted by molar-refractivity contribution is 5.84. The largest absolute Gasteiger partial charge is 0.481 e. The molecule has 0 atom stereocenters. The zero-order valence-corrected chi connectivity index (χ0v) is 11.9. The Kier molecular flexibility index (Phi) is 3.87. The smallest absolute Gasteiger partial charge is 0.303 e. The molecule has 1 aliphatic carbocycles. The van der Waals surface area contributed by atoms with Crippen LogP contribution in [0.15, 0.2) is 54.6 Å². The van der Waals surface area contributed by atoms with Crippen molar-refractivity contribution >= 4 is 11.5 Å². The van der Waals surface area contributed by atoms with Crippen LogP contribution in [0.4, 0.5) is 0 Å². The number of hydrogen-bond donors (Lipinski definition) is 1. The lowest BCUT2D eigenvalue weighted by atomic mass is 9.93. The summed E-state index contributed by atoms with van der Waals surface area (Å²) in [4.78, 5) is 10.8. The molecule has 2 heteroatoms. The first-order valence-corrected chi connectivity index (χ1v) is 7.34. The van der Waals surface area contributed by atoms with Gasteiger partial charge in [-0.25, -0.2) is 0 Å². The Morgan fingerprint density at radius 3 is 2.00 bits per heavy atom. The van der Waals surface area contributed by atoms with Crippen LogP contribution in [0.2, 0.25) is 0 Å². The molecule has 0 spiro atoms. The first kappa shape index (κ1) is 13.6. The summed E-state index contributed by atoms with van der Waals surface area (Å²) >= 11 is 0. The number of carboxylic acids is 1. The van der Waals surface area contributed by atoms with Gasteiger partial charge in [-0.1, -0.05) is 54.6 Å². The number of benzene rings is 2. The molecule has 2 aromatic carbocycles. The van der Waals surface area contributed by atoms with Crippen molar-refractivity contribution in [3.63, 3.8) is 0 Å². The highest BCUT2D eigenvalue weighted by atomic mass is 16.4. The number of fused-ring (bicyclic) bond motifs is 2. The summed E-state index contributed by atoms with van der Waals surface area (Å²) < 4.78 is 0. The molecular formula is C19H18O2. The molecule has 106 valence electrons. The number of allylic oxidation sites excluding steroid dienone is 1. The molecule has 0 aliphatic heterocycles. The molecule has 0 fully saturated rings. The van der Waals surface area contributed by atoms with Crippen molar-refractivity contribution in [1.29, 1.82) is 0 Å². The van der Waals surface area contributed by atoms with Crippen LogP contribution in [-0.2, 0) is 17.6 Å². The summed E-state index contributed by atoms with van der Waals surface area (Å²) in [7, 11) is 0. The molecule has 0 saturated carbocycles. The Morgan fingerprint density at radius 1 is 0.952 bits per heavy atom. The van der Waals surface area contributed by atoms with Gasteiger partial charge >= 0.3 is 5.97 Å². The van der Waals surface area contributed by atoms with Gasteiger partial charge in [-0.3, -0.25) is 4.79 Å². The lowest BCUT2D eigenvalue weighted by molar-refractivity contribution is -0.136. The van der Waals surface area contributed by atoms with Crippen LogP contribution in [0.5, 0.6) is 0 Å². The van der Waals surface area contributed by atoms with Crippen molar-refractivity contribution in [2.45, 2.75) is 25.7 Å². The number of aryl methyl sites for hydroxylation is 2. The van der Waals surface area contributed by atoms with E-state index in [1.165, 1.54) is 27.8 Å². The second kappa shape index (κ2) is 5.96. The lowest BCUT2D eigenvalue weighted by Gasteiger charge is -2.11. The van der Waals surface area contributed by atoms with Crippen LogP contribution in [0, 0.1) is 0 Å². The molecule has 0 saturated heterocycles. The quantitative estimate of drug-likeness (QED) is 0.918. The van der Waals surface area contributed by atoms with E-state index in [9.17, 15) is 4.79 Å². The minimum atomic E-state index is -0.748. The highest BCUT2D eigenvalue weighted by Gasteiger charge is 2.17. The van der Waals surface area contributed by atoms with Crippen molar-refractivity contribution < 1.29 is 9.90 Å². The van der Waals surface area contributed by atoms with E-state index in [1.54, 1.807) is 0 Å². The summed E-state index contributed by atoms with van der Waals surface area (Å²) in [5.41, 5.74) is 6.35. The Labute approximate surface area is 124 Å². The van der Waals surface area contributed by atoms with Crippen LogP contribution in [0.25, 0.3) is 5.57 Å². The molecule has 0 amide bonds. The summed E-state index contributed by atoms with van der Waals surface area (Å²) in [5, 5.41) is 8.86. The summed E-state index contributed by atoms with van der Waals surface area (Å²) in [5.74, 6) is -0.748. The predicted octanol–water partition coefficient (Wildman–Crippen LogP) is 4.08. The van der Waals surface area contributed by atoms with Crippen LogP contribution in [-0.4, -0.2) is 11.1 Å². The van der Waals surface area contributed by atoms with Gasteiger partial charge in [0.1, 0.15) is 0 Å². The zero-order chi connectivity index (χ0) is 14.7. The summed E-state index contributed by atoms with van der Waals surface area (Å²) in [6, 6.07) is 16.9. The van der Waals surface area contributed by atoms with Crippen LogP contribution in [0.1, 0.15) is 35.1 Å². The van der Waals surface area contributed by atoms with Gasteiger partial charge in [0.05, 0.1) is 0 Å². The fraction of sp³-hybridized carbons (Fsp3) is 0.211. The molecule has 0 bridgehead atoms. The van der Waals surface area contributed by atoms with E-state index in [0.29, 0.717) is 6.42 Å². The number of aliphatic carboxylic acids is 1. The minimum Gasteiger partial charge on any atom is -0.481 e. The van der Waals surface area contributed by atoms with Crippen molar-refractivity contribution in [3.05, 3.63) is 76.9 Å². The van der Waals surface area contributed by atoms with Gasteiger partial charge in [-0.15, -0.1) is 0 Å². The molecule has 1 N–H and O–H groups in total. The summed E-state index contributed by atoms with van der Waals surface area (Å²) in [6.07, 6.45) is 4.88. The van der Waals surface area contributed by atoms with E-state index < -0.39 is 5.97 Å². The Hall–Kier alpha value is -2.35. The average molecular weight is 278 g/mol. The van der Waals surface area contributed by atoms with Crippen molar-refractivity contribution in [1.82, 2.24) is 0 Å². The van der Waals surface area contributed by atoms with E-state index in [0.717, 1.165) is 12.8 Å². The molecular weight excluding hydrogens is 260 g/mol. The van der Waals surface area contributed by atoms with Gasteiger partial charge < -0.3 is 5.11 Å². The molecule has 0 unspecified atom stereocenters. The highest BCUT2D eigenvalue weighted by Crippen LogP contribution is 2.33.